The fourth-order valence-corrected chi connectivity index (χ4v) is 3.88. The number of rotatable bonds is 5. The fourth-order valence-electron chi connectivity index (χ4n) is 3.88. The highest BCUT2D eigenvalue weighted by Crippen LogP contribution is 2.25. The van der Waals surface area contributed by atoms with Crippen LogP contribution in [0.25, 0.3) is 11.4 Å². The van der Waals surface area contributed by atoms with Crippen LogP contribution in [0.15, 0.2) is 53.1 Å². The minimum absolute atomic E-state index is 0.122. The molecule has 0 unspecified atom stereocenters. The third kappa shape index (κ3) is 4.47. The molecule has 4 rings (SSSR count). The second-order valence-corrected chi connectivity index (χ2v) is 7.49. The minimum atomic E-state index is -0.538. The number of amides is 1. The van der Waals surface area contributed by atoms with Crippen LogP contribution in [-0.4, -0.2) is 47.1 Å². The SMILES string of the molecule is COC(=O)c1ccccc1C(=O)N1CCC[C@@H](Cc2nc(-c3ccccc3F)no2)C1. The van der Waals surface area contributed by atoms with E-state index in [1.807, 2.05) is 0 Å². The molecule has 0 N–H and O–H groups in total. The van der Waals surface area contributed by atoms with Gasteiger partial charge in [0.2, 0.25) is 11.7 Å². The highest BCUT2D eigenvalue weighted by atomic mass is 19.1. The molecule has 160 valence electrons. The molecule has 1 atom stereocenters. The van der Waals surface area contributed by atoms with Gasteiger partial charge >= 0.3 is 5.97 Å². The van der Waals surface area contributed by atoms with Crippen molar-refractivity contribution in [2.75, 3.05) is 20.2 Å². The first kappa shape index (κ1) is 20.7. The smallest absolute Gasteiger partial charge is 0.338 e. The van der Waals surface area contributed by atoms with E-state index < -0.39 is 11.8 Å². The van der Waals surface area contributed by atoms with Gasteiger partial charge in [0.25, 0.3) is 5.91 Å². The Labute approximate surface area is 178 Å². The maximum Gasteiger partial charge on any atom is 0.338 e. The van der Waals surface area contributed by atoms with Crippen molar-refractivity contribution in [3.05, 3.63) is 71.4 Å². The molecule has 2 heterocycles. The lowest BCUT2D eigenvalue weighted by Gasteiger charge is -2.32. The molecule has 7 nitrogen and oxygen atoms in total. The van der Waals surface area contributed by atoms with Crippen LogP contribution < -0.4 is 0 Å². The summed E-state index contributed by atoms with van der Waals surface area (Å²) in [4.78, 5) is 31.2. The Kier molecular flexibility index (Phi) is 6.06. The number of carbonyl (C=O) groups is 2. The second kappa shape index (κ2) is 9.07. The maximum absolute atomic E-state index is 14.0. The number of aromatic nitrogens is 2. The van der Waals surface area contributed by atoms with Crippen molar-refractivity contribution in [1.82, 2.24) is 15.0 Å². The van der Waals surface area contributed by atoms with Crippen LogP contribution in [0.3, 0.4) is 0 Å². The fraction of sp³-hybridized carbons (Fsp3) is 0.304. The number of ether oxygens (including phenoxy) is 1. The standard InChI is InChI=1S/C23H22FN3O4/c1-30-23(29)17-9-3-2-8-16(17)22(28)27-12-6-7-15(14-27)13-20-25-21(26-31-20)18-10-4-5-11-19(18)24/h2-5,8-11,15H,6-7,12-14H2,1H3/t15-/m0/s1. The van der Waals surface area contributed by atoms with Gasteiger partial charge in [0.1, 0.15) is 5.82 Å². The zero-order valence-electron chi connectivity index (χ0n) is 17.1. The highest BCUT2D eigenvalue weighted by molar-refractivity contribution is 6.05. The Hall–Kier alpha value is -3.55. The van der Waals surface area contributed by atoms with E-state index in [4.69, 9.17) is 9.26 Å². The highest BCUT2D eigenvalue weighted by Gasteiger charge is 2.28. The molecule has 1 aromatic heterocycles. The van der Waals surface area contributed by atoms with Crippen molar-refractivity contribution in [3.8, 4) is 11.4 Å². The lowest BCUT2D eigenvalue weighted by atomic mass is 9.94. The van der Waals surface area contributed by atoms with Crippen molar-refractivity contribution >= 4 is 11.9 Å². The first-order chi connectivity index (χ1) is 15.1. The predicted octanol–water partition coefficient (Wildman–Crippen LogP) is 3.76. The molecule has 0 radical (unpaired) electrons. The Morgan fingerprint density at radius 2 is 1.90 bits per heavy atom. The summed E-state index contributed by atoms with van der Waals surface area (Å²) in [6, 6.07) is 12.9. The van der Waals surface area contributed by atoms with E-state index in [0.29, 0.717) is 31.0 Å². The molecule has 31 heavy (non-hydrogen) atoms. The monoisotopic (exact) mass is 423 g/mol. The molecule has 3 aromatic rings. The third-order valence-corrected chi connectivity index (χ3v) is 5.42. The zero-order chi connectivity index (χ0) is 21.8. The van der Waals surface area contributed by atoms with Gasteiger partial charge in [-0.2, -0.15) is 4.98 Å². The van der Waals surface area contributed by atoms with Gasteiger partial charge in [0.15, 0.2) is 0 Å². The number of benzene rings is 2. The summed E-state index contributed by atoms with van der Waals surface area (Å²) in [5.41, 5.74) is 0.871. The first-order valence-corrected chi connectivity index (χ1v) is 10.1. The van der Waals surface area contributed by atoms with Crippen molar-refractivity contribution in [1.29, 1.82) is 0 Å². The summed E-state index contributed by atoms with van der Waals surface area (Å²) in [6.45, 7) is 1.11. The van der Waals surface area contributed by atoms with E-state index in [1.54, 1.807) is 47.4 Å². The summed E-state index contributed by atoms with van der Waals surface area (Å²) < 4.78 is 24.1. The van der Waals surface area contributed by atoms with Gasteiger partial charge < -0.3 is 14.2 Å². The number of nitrogens with zero attached hydrogens (tertiary/aromatic N) is 3. The maximum atomic E-state index is 14.0. The summed E-state index contributed by atoms with van der Waals surface area (Å²) >= 11 is 0. The molecule has 1 amide bonds. The Balaban J connectivity index is 1.46. The minimum Gasteiger partial charge on any atom is -0.465 e. The number of carbonyl (C=O) groups excluding carboxylic acids is 2. The van der Waals surface area contributed by atoms with Crippen molar-refractivity contribution < 1.29 is 23.2 Å². The first-order valence-electron chi connectivity index (χ1n) is 10.1. The van der Waals surface area contributed by atoms with Gasteiger partial charge in [0, 0.05) is 19.5 Å². The lowest BCUT2D eigenvalue weighted by Crippen LogP contribution is -2.41. The van der Waals surface area contributed by atoms with E-state index in [9.17, 15) is 14.0 Å². The molecular weight excluding hydrogens is 401 g/mol. The van der Waals surface area contributed by atoms with Gasteiger partial charge in [-0.1, -0.05) is 29.4 Å². The van der Waals surface area contributed by atoms with Crippen LogP contribution in [-0.2, 0) is 11.2 Å². The van der Waals surface area contributed by atoms with Crippen LogP contribution in [0.1, 0.15) is 39.4 Å². The number of methoxy groups -OCH3 is 1. The average Bonchev–Trinajstić information content (AvgIpc) is 3.26. The van der Waals surface area contributed by atoms with Gasteiger partial charge in [-0.25, -0.2) is 9.18 Å². The average molecular weight is 423 g/mol. The summed E-state index contributed by atoms with van der Waals surface area (Å²) in [5, 5.41) is 3.90. The van der Waals surface area contributed by atoms with Crippen molar-refractivity contribution in [2.45, 2.75) is 19.3 Å². The van der Waals surface area contributed by atoms with Crippen molar-refractivity contribution in [2.24, 2.45) is 5.92 Å². The molecule has 1 aliphatic heterocycles. The Bertz CT molecular complexity index is 1100. The molecule has 1 saturated heterocycles. The summed E-state index contributed by atoms with van der Waals surface area (Å²) in [7, 11) is 1.29. The Morgan fingerprint density at radius 3 is 2.68 bits per heavy atom. The molecule has 0 aliphatic carbocycles. The van der Waals surface area contributed by atoms with Crippen LogP contribution in [0.2, 0.25) is 0 Å². The molecular formula is C23H22FN3O4. The Morgan fingerprint density at radius 1 is 1.16 bits per heavy atom. The van der Waals surface area contributed by atoms with E-state index in [1.165, 1.54) is 13.2 Å². The topological polar surface area (TPSA) is 85.5 Å². The van der Waals surface area contributed by atoms with Crippen LogP contribution in [0, 0.1) is 11.7 Å². The number of piperidine rings is 1. The number of halogens is 1. The molecule has 8 heteroatoms. The van der Waals surface area contributed by atoms with Gasteiger partial charge in [0.05, 0.1) is 23.8 Å². The lowest BCUT2D eigenvalue weighted by molar-refractivity contribution is 0.0581. The van der Waals surface area contributed by atoms with E-state index in [2.05, 4.69) is 10.1 Å². The molecule has 1 fully saturated rings. The number of hydrogen-bond donors (Lipinski definition) is 0. The zero-order valence-corrected chi connectivity index (χ0v) is 17.1. The quantitative estimate of drug-likeness (QED) is 0.581. The molecule has 2 aromatic carbocycles. The third-order valence-electron chi connectivity index (χ3n) is 5.42. The molecule has 0 spiro atoms. The van der Waals surface area contributed by atoms with E-state index >= 15 is 0 Å². The summed E-state index contributed by atoms with van der Waals surface area (Å²) in [6.07, 6.45) is 2.22. The molecule has 0 saturated carbocycles. The van der Waals surface area contributed by atoms with E-state index in [0.717, 1.165) is 12.8 Å². The van der Waals surface area contributed by atoms with Gasteiger partial charge in [-0.15, -0.1) is 0 Å². The number of esters is 1. The van der Waals surface area contributed by atoms with Gasteiger partial charge in [-0.3, -0.25) is 4.79 Å². The normalized spacial score (nSPS) is 16.2. The molecule has 0 bridgehead atoms. The van der Waals surface area contributed by atoms with Crippen molar-refractivity contribution in [3.63, 3.8) is 0 Å². The van der Waals surface area contributed by atoms with E-state index in [-0.39, 0.29) is 28.8 Å². The summed E-state index contributed by atoms with van der Waals surface area (Å²) in [5.74, 6) is -0.408. The predicted molar refractivity (Wildman–Crippen MR) is 110 cm³/mol. The van der Waals surface area contributed by atoms with Gasteiger partial charge in [-0.05, 0) is 43.0 Å². The molecule has 1 aliphatic rings. The van der Waals surface area contributed by atoms with Crippen LogP contribution in [0.4, 0.5) is 4.39 Å². The largest absolute Gasteiger partial charge is 0.465 e. The number of likely N-dealkylation sites (tertiary alicyclic amines) is 1. The second-order valence-electron chi connectivity index (χ2n) is 7.49. The van der Waals surface area contributed by atoms with Crippen LogP contribution >= 0.6 is 0 Å². The number of hydrogen-bond acceptors (Lipinski definition) is 6. The van der Waals surface area contributed by atoms with Crippen LogP contribution in [0.5, 0.6) is 0 Å².